The highest BCUT2D eigenvalue weighted by Crippen LogP contribution is 2.27. The third-order valence-corrected chi connectivity index (χ3v) is 5.80. The Hall–Kier alpha value is -2.37. The average Bonchev–Trinajstić information content (AvgIpc) is 2.90. The molecular weight excluding hydrogens is 342 g/mol. The number of amides is 2. The number of para-hydroxylation sites is 2. The molecule has 27 heavy (non-hydrogen) atoms. The van der Waals surface area contributed by atoms with Crippen LogP contribution in [0.1, 0.15) is 50.8 Å². The van der Waals surface area contributed by atoms with Crippen LogP contribution in [-0.4, -0.2) is 40.8 Å². The van der Waals surface area contributed by atoms with E-state index in [2.05, 4.69) is 10.3 Å². The number of rotatable bonds is 4. The average molecular weight is 369 g/mol. The molecule has 6 heteroatoms. The van der Waals surface area contributed by atoms with Gasteiger partial charge < -0.3 is 14.6 Å². The molecule has 1 atom stereocenters. The van der Waals surface area contributed by atoms with E-state index in [0.29, 0.717) is 43.3 Å². The summed E-state index contributed by atoms with van der Waals surface area (Å²) in [6.07, 6.45) is 8.10. The number of fused-ring (bicyclic) bond motifs is 1. The number of piperazine rings is 1. The normalized spacial score (nSPS) is 21.9. The second-order valence-electron chi connectivity index (χ2n) is 7.74. The zero-order chi connectivity index (χ0) is 18.6. The van der Waals surface area contributed by atoms with Crippen molar-refractivity contribution in [1.82, 2.24) is 15.2 Å². The molecule has 0 spiro atoms. The molecule has 0 radical (unpaired) electrons. The molecule has 0 bridgehead atoms. The maximum Gasteiger partial charge on any atom is 0.243 e. The van der Waals surface area contributed by atoms with E-state index in [1.165, 1.54) is 25.7 Å². The van der Waals surface area contributed by atoms with Crippen LogP contribution in [0.25, 0.3) is 11.1 Å². The lowest BCUT2D eigenvalue weighted by atomic mass is 9.95. The molecule has 1 saturated heterocycles. The van der Waals surface area contributed by atoms with E-state index < -0.39 is 6.04 Å². The van der Waals surface area contributed by atoms with Gasteiger partial charge in [-0.3, -0.25) is 9.59 Å². The van der Waals surface area contributed by atoms with Crippen molar-refractivity contribution in [3.8, 4) is 0 Å². The topological polar surface area (TPSA) is 75.4 Å². The van der Waals surface area contributed by atoms with Gasteiger partial charge in [-0.15, -0.1) is 0 Å². The van der Waals surface area contributed by atoms with Crippen molar-refractivity contribution in [3.05, 3.63) is 30.2 Å². The predicted molar refractivity (Wildman–Crippen MR) is 102 cm³/mol. The molecule has 1 aliphatic heterocycles. The quantitative estimate of drug-likeness (QED) is 0.841. The number of benzene rings is 1. The summed E-state index contributed by atoms with van der Waals surface area (Å²) in [7, 11) is 0. The van der Waals surface area contributed by atoms with Crippen molar-refractivity contribution < 1.29 is 14.0 Å². The lowest BCUT2D eigenvalue weighted by Gasteiger charge is -2.35. The first-order valence-corrected chi connectivity index (χ1v) is 10.1. The lowest BCUT2D eigenvalue weighted by molar-refractivity contribution is -0.144. The Kier molecular flexibility index (Phi) is 5.41. The largest absolute Gasteiger partial charge is 0.441 e. The molecule has 6 nitrogen and oxygen atoms in total. The monoisotopic (exact) mass is 369 g/mol. The van der Waals surface area contributed by atoms with Crippen LogP contribution >= 0.6 is 0 Å². The summed E-state index contributed by atoms with van der Waals surface area (Å²) in [5.74, 6) is 0.941. The Labute approximate surface area is 159 Å². The van der Waals surface area contributed by atoms with Crippen LogP contribution in [0.5, 0.6) is 0 Å². The molecule has 1 N–H and O–H groups in total. The fraction of sp³-hybridized carbons (Fsp3) is 0.571. The molecule has 2 aromatic rings. The fourth-order valence-corrected chi connectivity index (χ4v) is 4.32. The number of hydrogen-bond acceptors (Lipinski definition) is 4. The minimum absolute atomic E-state index is 0.0952. The molecule has 4 rings (SSSR count). The van der Waals surface area contributed by atoms with Crippen molar-refractivity contribution in [1.29, 1.82) is 0 Å². The number of nitrogens with zero attached hydrogens (tertiary/aromatic N) is 2. The van der Waals surface area contributed by atoms with E-state index in [1.54, 1.807) is 4.90 Å². The highest BCUT2D eigenvalue weighted by molar-refractivity contribution is 5.89. The predicted octanol–water partition coefficient (Wildman–Crippen LogP) is 3.06. The van der Waals surface area contributed by atoms with Crippen LogP contribution < -0.4 is 5.32 Å². The van der Waals surface area contributed by atoms with Gasteiger partial charge in [0.2, 0.25) is 11.8 Å². The van der Waals surface area contributed by atoms with Gasteiger partial charge in [-0.2, -0.15) is 0 Å². The Morgan fingerprint density at radius 3 is 2.74 bits per heavy atom. The second-order valence-corrected chi connectivity index (χ2v) is 7.74. The van der Waals surface area contributed by atoms with Gasteiger partial charge in [0.05, 0.1) is 6.42 Å². The molecule has 1 aromatic heterocycles. The number of aromatic nitrogens is 1. The Bertz CT molecular complexity index is 775. The summed E-state index contributed by atoms with van der Waals surface area (Å²) in [6, 6.07) is 7.02. The summed E-state index contributed by atoms with van der Waals surface area (Å²) < 4.78 is 5.78. The number of carbonyl (C=O) groups excluding carboxylic acids is 2. The molecule has 2 aliphatic rings. The van der Waals surface area contributed by atoms with Gasteiger partial charge in [-0.1, -0.05) is 37.8 Å². The van der Waals surface area contributed by atoms with E-state index in [4.69, 9.17) is 4.42 Å². The summed E-state index contributed by atoms with van der Waals surface area (Å²) in [5.41, 5.74) is 1.49. The van der Waals surface area contributed by atoms with Crippen LogP contribution in [0.2, 0.25) is 0 Å². The number of nitrogens with one attached hydrogen (secondary N) is 1. The fourth-order valence-electron chi connectivity index (χ4n) is 4.32. The van der Waals surface area contributed by atoms with E-state index >= 15 is 0 Å². The molecule has 144 valence electrons. The zero-order valence-electron chi connectivity index (χ0n) is 15.7. The highest BCUT2D eigenvalue weighted by atomic mass is 16.3. The van der Waals surface area contributed by atoms with Gasteiger partial charge in [0, 0.05) is 19.5 Å². The van der Waals surface area contributed by atoms with Gasteiger partial charge in [-0.25, -0.2) is 4.98 Å². The number of carbonyl (C=O) groups is 2. The van der Waals surface area contributed by atoms with Crippen molar-refractivity contribution in [2.45, 2.75) is 57.4 Å². The van der Waals surface area contributed by atoms with Crippen LogP contribution in [0, 0.1) is 5.92 Å². The summed E-state index contributed by atoms with van der Waals surface area (Å²) >= 11 is 0. The molecular formula is C21H27N3O3. The Morgan fingerprint density at radius 2 is 1.96 bits per heavy atom. The molecule has 1 unspecified atom stereocenters. The molecule has 2 fully saturated rings. The van der Waals surface area contributed by atoms with Crippen LogP contribution in [0.4, 0.5) is 0 Å². The van der Waals surface area contributed by atoms with Crippen LogP contribution in [-0.2, 0) is 16.0 Å². The summed E-state index contributed by atoms with van der Waals surface area (Å²) in [5, 5.41) is 2.88. The molecule has 2 heterocycles. The Balaban J connectivity index is 1.47. The standard InChI is InChI=1S/C21H27N3O3/c25-20(13-15-7-3-1-2-4-8-15)24-12-11-22-21(26)17(24)14-19-23-16-9-5-6-10-18(16)27-19/h5-6,9-10,15,17H,1-4,7-8,11-14H2,(H,22,26). The van der Waals surface area contributed by atoms with E-state index in [0.717, 1.165) is 18.4 Å². The van der Waals surface area contributed by atoms with Crippen molar-refractivity contribution in [3.63, 3.8) is 0 Å². The van der Waals surface area contributed by atoms with Gasteiger partial charge in [0.1, 0.15) is 11.6 Å². The smallest absolute Gasteiger partial charge is 0.243 e. The number of hydrogen-bond donors (Lipinski definition) is 1. The van der Waals surface area contributed by atoms with Crippen LogP contribution in [0.15, 0.2) is 28.7 Å². The first-order chi connectivity index (χ1) is 13.2. The number of oxazole rings is 1. The van der Waals surface area contributed by atoms with Gasteiger partial charge in [0.25, 0.3) is 0 Å². The SMILES string of the molecule is O=C1NCCN(C(=O)CC2CCCCCC2)C1Cc1nc2ccccc2o1. The molecule has 1 saturated carbocycles. The lowest BCUT2D eigenvalue weighted by Crippen LogP contribution is -2.58. The summed E-state index contributed by atoms with van der Waals surface area (Å²) in [6.45, 7) is 1.07. The van der Waals surface area contributed by atoms with Crippen molar-refractivity contribution >= 4 is 22.9 Å². The molecule has 2 amide bonds. The van der Waals surface area contributed by atoms with Gasteiger partial charge >= 0.3 is 0 Å². The zero-order valence-corrected chi connectivity index (χ0v) is 15.7. The summed E-state index contributed by atoms with van der Waals surface area (Å²) in [4.78, 5) is 31.7. The first-order valence-electron chi connectivity index (χ1n) is 10.1. The minimum Gasteiger partial charge on any atom is -0.441 e. The van der Waals surface area contributed by atoms with Crippen LogP contribution in [0.3, 0.4) is 0 Å². The Morgan fingerprint density at radius 1 is 1.19 bits per heavy atom. The molecule has 1 aromatic carbocycles. The van der Waals surface area contributed by atoms with Gasteiger partial charge in [0.15, 0.2) is 11.5 Å². The van der Waals surface area contributed by atoms with E-state index in [1.807, 2.05) is 24.3 Å². The van der Waals surface area contributed by atoms with Crippen molar-refractivity contribution in [2.75, 3.05) is 13.1 Å². The minimum atomic E-state index is -0.537. The van der Waals surface area contributed by atoms with Gasteiger partial charge in [-0.05, 0) is 30.9 Å². The maximum absolute atomic E-state index is 13.0. The second kappa shape index (κ2) is 8.11. The van der Waals surface area contributed by atoms with Crippen molar-refractivity contribution in [2.24, 2.45) is 5.92 Å². The highest BCUT2D eigenvalue weighted by Gasteiger charge is 2.35. The maximum atomic E-state index is 13.0. The third-order valence-electron chi connectivity index (χ3n) is 5.80. The third kappa shape index (κ3) is 4.15. The molecule has 1 aliphatic carbocycles. The van der Waals surface area contributed by atoms with E-state index in [-0.39, 0.29) is 11.8 Å². The first kappa shape index (κ1) is 18.0. The van der Waals surface area contributed by atoms with E-state index in [9.17, 15) is 9.59 Å².